The molecule has 1 atom stereocenters. The van der Waals surface area contributed by atoms with Crippen LogP contribution in [0.2, 0.25) is 0 Å². The van der Waals surface area contributed by atoms with Crippen LogP contribution in [0.5, 0.6) is 11.5 Å². The molecular weight excluding hydrogens is 296 g/mol. The van der Waals surface area contributed by atoms with Crippen LogP contribution in [0, 0.1) is 0 Å². The summed E-state index contributed by atoms with van der Waals surface area (Å²) in [5.74, 6) is 2.10. The smallest absolute Gasteiger partial charge is 0.191 e. The molecule has 124 valence electrons. The van der Waals surface area contributed by atoms with E-state index in [1.54, 1.807) is 20.2 Å². The average molecular weight is 318 g/mol. The van der Waals surface area contributed by atoms with Gasteiger partial charge >= 0.3 is 0 Å². The number of nitrogens with zero attached hydrogens (tertiary/aromatic N) is 2. The van der Waals surface area contributed by atoms with Crippen LogP contribution in [0.25, 0.3) is 0 Å². The van der Waals surface area contributed by atoms with E-state index in [4.69, 9.17) is 14.0 Å². The van der Waals surface area contributed by atoms with Crippen molar-refractivity contribution in [1.29, 1.82) is 0 Å². The van der Waals surface area contributed by atoms with Gasteiger partial charge in [0.15, 0.2) is 17.5 Å². The molecule has 1 aromatic heterocycles. The van der Waals surface area contributed by atoms with E-state index < -0.39 is 0 Å². The quantitative estimate of drug-likeness (QED) is 0.599. The lowest BCUT2D eigenvalue weighted by molar-refractivity contribution is 0.213. The number of para-hydroxylation sites is 2. The molecule has 0 saturated heterocycles. The molecule has 0 aliphatic rings. The monoisotopic (exact) mass is 318 g/mol. The predicted octanol–water partition coefficient (Wildman–Crippen LogP) is 1.82. The number of aromatic nitrogens is 1. The first-order valence-corrected chi connectivity index (χ1v) is 7.36. The summed E-state index contributed by atoms with van der Waals surface area (Å²) in [4.78, 5) is 4.16. The van der Waals surface area contributed by atoms with Crippen molar-refractivity contribution in [2.24, 2.45) is 4.99 Å². The lowest BCUT2D eigenvalue weighted by atomic mass is 10.3. The fourth-order valence-corrected chi connectivity index (χ4v) is 1.94. The minimum Gasteiger partial charge on any atom is -0.493 e. The number of hydrogen-bond donors (Lipinski definition) is 2. The van der Waals surface area contributed by atoms with Gasteiger partial charge in [0.25, 0.3) is 0 Å². The highest BCUT2D eigenvalue weighted by Gasteiger charge is 2.09. The van der Waals surface area contributed by atoms with Gasteiger partial charge in [-0.05, 0) is 19.1 Å². The molecule has 1 aromatic carbocycles. The van der Waals surface area contributed by atoms with Gasteiger partial charge in [0.1, 0.15) is 18.1 Å². The SMILES string of the molecule is CN=C(NCc1ccon1)NCC(C)Oc1ccccc1OC. The lowest BCUT2D eigenvalue weighted by Crippen LogP contribution is -2.41. The maximum absolute atomic E-state index is 5.88. The fourth-order valence-electron chi connectivity index (χ4n) is 1.94. The Morgan fingerprint density at radius 2 is 2.04 bits per heavy atom. The molecule has 1 heterocycles. The summed E-state index contributed by atoms with van der Waals surface area (Å²) in [5, 5.41) is 10.2. The summed E-state index contributed by atoms with van der Waals surface area (Å²) >= 11 is 0. The van der Waals surface area contributed by atoms with Crippen molar-refractivity contribution in [1.82, 2.24) is 15.8 Å². The molecule has 2 aromatic rings. The van der Waals surface area contributed by atoms with Gasteiger partial charge in [-0.1, -0.05) is 17.3 Å². The summed E-state index contributed by atoms with van der Waals surface area (Å²) in [6, 6.07) is 9.37. The Labute approximate surface area is 135 Å². The molecule has 0 aliphatic heterocycles. The second-order valence-corrected chi connectivity index (χ2v) is 4.88. The van der Waals surface area contributed by atoms with E-state index in [1.807, 2.05) is 31.2 Å². The van der Waals surface area contributed by atoms with E-state index in [9.17, 15) is 0 Å². The number of nitrogens with one attached hydrogen (secondary N) is 2. The largest absolute Gasteiger partial charge is 0.493 e. The van der Waals surface area contributed by atoms with E-state index in [1.165, 1.54) is 6.26 Å². The van der Waals surface area contributed by atoms with Gasteiger partial charge < -0.3 is 24.6 Å². The van der Waals surface area contributed by atoms with Gasteiger partial charge in [-0.25, -0.2) is 0 Å². The Balaban J connectivity index is 1.79. The summed E-state index contributed by atoms with van der Waals surface area (Å²) < 4.78 is 15.9. The molecule has 7 heteroatoms. The van der Waals surface area contributed by atoms with E-state index in [0.717, 1.165) is 11.4 Å². The highest BCUT2D eigenvalue weighted by Crippen LogP contribution is 2.26. The molecule has 0 fully saturated rings. The molecule has 0 saturated carbocycles. The third kappa shape index (κ3) is 5.21. The van der Waals surface area contributed by atoms with Crippen molar-refractivity contribution in [2.75, 3.05) is 20.7 Å². The molecular formula is C16H22N4O3. The van der Waals surface area contributed by atoms with Gasteiger partial charge in [0.2, 0.25) is 0 Å². The fraction of sp³-hybridized carbons (Fsp3) is 0.375. The summed E-state index contributed by atoms with van der Waals surface area (Å²) in [7, 11) is 3.34. The zero-order chi connectivity index (χ0) is 16.5. The van der Waals surface area contributed by atoms with Gasteiger partial charge in [0, 0.05) is 13.1 Å². The molecule has 1 unspecified atom stereocenters. The third-order valence-corrected chi connectivity index (χ3v) is 3.11. The molecule has 23 heavy (non-hydrogen) atoms. The van der Waals surface area contributed by atoms with Crippen LogP contribution in [0.15, 0.2) is 46.1 Å². The van der Waals surface area contributed by atoms with Crippen LogP contribution in [0.1, 0.15) is 12.6 Å². The van der Waals surface area contributed by atoms with Gasteiger partial charge in [0.05, 0.1) is 20.2 Å². The van der Waals surface area contributed by atoms with Crippen molar-refractivity contribution < 1.29 is 14.0 Å². The second-order valence-electron chi connectivity index (χ2n) is 4.88. The van der Waals surface area contributed by atoms with Crippen molar-refractivity contribution in [3.63, 3.8) is 0 Å². The Hall–Kier alpha value is -2.70. The summed E-state index contributed by atoms with van der Waals surface area (Å²) in [6.45, 7) is 3.11. The zero-order valence-corrected chi connectivity index (χ0v) is 13.6. The number of benzene rings is 1. The third-order valence-electron chi connectivity index (χ3n) is 3.11. The number of rotatable bonds is 7. The summed E-state index contributed by atoms with van der Waals surface area (Å²) in [6.07, 6.45) is 1.48. The van der Waals surface area contributed by atoms with Gasteiger partial charge in [-0.2, -0.15) is 0 Å². The van der Waals surface area contributed by atoms with Gasteiger partial charge in [-0.15, -0.1) is 0 Å². The Kier molecular flexibility index (Phi) is 6.28. The Morgan fingerprint density at radius 3 is 2.70 bits per heavy atom. The van der Waals surface area contributed by atoms with Crippen molar-refractivity contribution in [3.8, 4) is 11.5 Å². The number of guanidine groups is 1. The normalized spacial score (nSPS) is 12.6. The first kappa shape index (κ1) is 16.7. The highest BCUT2D eigenvalue weighted by molar-refractivity contribution is 5.79. The average Bonchev–Trinajstić information content (AvgIpc) is 3.09. The molecule has 0 radical (unpaired) electrons. The molecule has 0 spiro atoms. The van der Waals surface area contributed by atoms with Crippen molar-refractivity contribution >= 4 is 5.96 Å². The second kappa shape index (κ2) is 8.67. The predicted molar refractivity (Wildman–Crippen MR) is 87.8 cm³/mol. The number of methoxy groups -OCH3 is 1. The van der Waals surface area contributed by atoms with Crippen LogP contribution in [0.3, 0.4) is 0 Å². The Morgan fingerprint density at radius 1 is 1.26 bits per heavy atom. The van der Waals surface area contributed by atoms with E-state index in [2.05, 4.69) is 20.8 Å². The van der Waals surface area contributed by atoms with Crippen LogP contribution in [0.4, 0.5) is 0 Å². The number of hydrogen-bond acceptors (Lipinski definition) is 5. The van der Waals surface area contributed by atoms with Crippen molar-refractivity contribution in [3.05, 3.63) is 42.3 Å². The zero-order valence-electron chi connectivity index (χ0n) is 13.6. The van der Waals surface area contributed by atoms with Crippen LogP contribution < -0.4 is 20.1 Å². The van der Waals surface area contributed by atoms with Crippen LogP contribution in [-0.4, -0.2) is 37.9 Å². The van der Waals surface area contributed by atoms with Gasteiger partial charge in [-0.3, -0.25) is 4.99 Å². The number of ether oxygens (including phenoxy) is 2. The topological polar surface area (TPSA) is 80.9 Å². The lowest BCUT2D eigenvalue weighted by Gasteiger charge is -2.18. The van der Waals surface area contributed by atoms with E-state index in [0.29, 0.717) is 24.8 Å². The first-order valence-electron chi connectivity index (χ1n) is 7.36. The van der Waals surface area contributed by atoms with Crippen molar-refractivity contribution in [2.45, 2.75) is 19.6 Å². The summed E-state index contributed by atoms with van der Waals surface area (Å²) in [5.41, 5.74) is 0.811. The highest BCUT2D eigenvalue weighted by atomic mass is 16.5. The first-order chi connectivity index (χ1) is 11.2. The van der Waals surface area contributed by atoms with Crippen LogP contribution in [-0.2, 0) is 6.54 Å². The van der Waals surface area contributed by atoms with E-state index >= 15 is 0 Å². The minimum atomic E-state index is -0.0584. The molecule has 2 rings (SSSR count). The van der Waals surface area contributed by atoms with E-state index in [-0.39, 0.29) is 6.10 Å². The molecule has 0 aliphatic carbocycles. The number of aliphatic imine (C=N–C) groups is 1. The molecule has 7 nitrogen and oxygen atoms in total. The maximum atomic E-state index is 5.88. The molecule has 2 N–H and O–H groups in total. The minimum absolute atomic E-state index is 0.0584. The molecule has 0 bridgehead atoms. The molecule has 0 amide bonds. The standard InChI is InChI=1S/C16H22N4O3/c1-12(23-15-7-5-4-6-14(15)21-3)10-18-16(17-2)19-11-13-8-9-22-20-13/h4-9,12H,10-11H2,1-3H3,(H2,17,18,19). The maximum Gasteiger partial charge on any atom is 0.191 e. The van der Waals surface area contributed by atoms with Crippen LogP contribution >= 0.6 is 0 Å². The Bertz CT molecular complexity index is 614.